The van der Waals surface area contributed by atoms with Crippen LogP contribution in [0.5, 0.6) is 0 Å². The maximum Gasteiger partial charge on any atom is 0.243 e. The van der Waals surface area contributed by atoms with Crippen LogP contribution in [-0.2, 0) is 19.6 Å². The highest BCUT2D eigenvalue weighted by Crippen LogP contribution is 2.30. The Morgan fingerprint density at radius 2 is 1.97 bits per heavy atom. The van der Waals surface area contributed by atoms with Gasteiger partial charge in [0.1, 0.15) is 0 Å². The number of piperidine rings is 1. The number of carbonyl (C=O) groups excluding carboxylic acids is 1. The molecule has 172 valence electrons. The molecule has 0 aliphatic carbocycles. The van der Waals surface area contributed by atoms with Crippen molar-refractivity contribution in [1.82, 2.24) is 9.21 Å². The summed E-state index contributed by atoms with van der Waals surface area (Å²) in [6, 6.07) is 5.75. The van der Waals surface area contributed by atoms with E-state index in [4.69, 9.17) is 4.74 Å². The Labute approximate surface area is 190 Å². The van der Waals surface area contributed by atoms with E-state index in [1.807, 2.05) is 37.7 Å². The molecule has 0 bridgehead atoms. The first-order valence-corrected chi connectivity index (χ1v) is 14.0. The number of benzene rings is 1. The molecule has 0 radical (unpaired) electrons. The van der Waals surface area contributed by atoms with Crippen molar-refractivity contribution in [1.29, 1.82) is 0 Å². The zero-order valence-corrected chi connectivity index (χ0v) is 20.2. The van der Waals surface area contributed by atoms with Crippen molar-refractivity contribution in [3.63, 3.8) is 0 Å². The van der Waals surface area contributed by atoms with Crippen molar-refractivity contribution in [2.75, 3.05) is 37.7 Å². The Balaban J connectivity index is 1.42. The lowest BCUT2D eigenvalue weighted by Gasteiger charge is -2.37. The van der Waals surface area contributed by atoms with Crippen LogP contribution in [0.25, 0.3) is 0 Å². The molecular weight excluding hydrogens is 432 g/mol. The average molecular weight is 467 g/mol. The van der Waals surface area contributed by atoms with Crippen molar-refractivity contribution < 1.29 is 17.9 Å². The molecule has 1 aromatic carbocycles. The van der Waals surface area contributed by atoms with Gasteiger partial charge in [-0.25, -0.2) is 8.42 Å². The predicted octanol–water partition coefficient (Wildman–Crippen LogP) is 3.22. The minimum atomic E-state index is -3.53. The molecular formula is C23H34N2O4S2. The molecule has 2 atom stereocenters. The van der Waals surface area contributed by atoms with Crippen LogP contribution >= 0.6 is 11.8 Å². The molecule has 3 fully saturated rings. The highest BCUT2D eigenvalue weighted by molar-refractivity contribution is 7.99. The van der Waals surface area contributed by atoms with Gasteiger partial charge in [-0.15, -0.1) is 0 Å². The van der Waals surface area contributed by atoms with Gasteiger partial charge in [0.15, 0.2) is 0 Å². The molecule has 3 heterocycles. The quantitative estimate of drug-likeness (QED) is 0.644. The molecule has 0 saturated carbocycles. The standard InChI is InChI=1S/C23H34N2O4S2/c1-17-5-6-22(18(2)14-17)31(27,28)24-10-7-19(8-11-24)23(26)25(20-9-13-30-16-20)15-21-4-3-12-29-21/h5-6,14,19-21H,3-4,7-13,15-16H2,1-2H3. The van der Waals surface area contributed by atoms with Crippen LogP contribution in [0.15, 0.2) is 23.1 Å². The number of carbonyl (C=O) groups is 1. The maximum absolute atomic E-state index is 13.5. The van der Waals surface area contributed by atoms with Gasteiger partial charge in [-0.1, -0.05) is 17.7 Å². The van der Waals surface area contributed by atoms with Crippen molar-refractivity contribution in [2.45, 2.75) is 63.0 Å². The number of nitrogens with zero attached hydrogens (tertiary/aromatic N) is 2. The molecule has 1 aromatic rings. The lowest BCUT2D eigenvalue weighted by Crippen LogP contribution is -2.50. The number of ether oxygens (including phenoxy) is 1. The first-order chi connectivity index (χ1) is 14.9. The van der Waals surface area contributed by atoms with Crippen LogP contribution in [0.4, 0.5) is 0 Å². The molecule has 3 aliphatic heterocycles. The first-order valence-electron chi connectivity index (χ1n) is 11.4. The summed E-state index contributed by atoms with van der Waals surface area (Å²) < 4.78 is 33.7. The zero-order chi connectivity index (χ0) is 22.0. The third kappa shape index (κ3) is 5.13. The summed E-state index contributed by atoms with van der Waals surface area (Å²) in [4.78, 5) is 15.9. The smallest absolute Gasteiger partial charge is 0.243 e. The van der Waals surface area contributed by atoms with E-state index in [1.54, 1.807) is 10.4 Å². The zero-order valence-electron chi connectivity index (χ0n) is 18.6. The number of thioether (sulfide) groups is 1. The fourth-order valence-corrected chi connectivity index (χ4v) is 7.90. The minimum Gasteiger partial charge on any atom is -0.376 e. The molecule has 3 saturated heterocycles. The van der Waals surface area contributed by atoms with E-state index in [-0.39, 0.29) is 17.9 Å². The van der Waals surface area contributed by atoms with Gasteiger partial charge in [-0.2, -0.15) is 16.1 Å². The fourth-order valence-electron chi connectivity index (χ4n) is 5.00. The summed E-state index contributed by atoms with van der Waals surface area (Å²) in [7, 11) is -3.53. The molecule has 31 heavy (non-hydrogen) atoms. The highest BCUT2D eigenvalue weighted by Gasteiger charge is 2.38. The van der Waals surface area contributed by atoms with Crippen molar-refractivity contribution >= 4 is 27.7 Å². The average Bonchev–Trinajstić information content (AvgIpc) is 3.45. The number of amides is 1. The Morgan fingerprint density at radius 1 is 1.19 bits per heavy atom. The van der Waals surface area contributed by atoms with Crippen molar-refractivity contribution in [2.24, 2.45) is 5.92 Å². The second kappa shape index (κ2) is 9.81. The van der Waals surface area contributed by atoms with Crippen LogP contribution < -0.4 is 0 Å². The Morgan fingerprint density at radius 3 is 2.58 bits per heavy atom. The molecule has 6 nitrogen and oxygen atoms in total. The van der Waals surface area contributed by atoms with E-state index in [2.05, 4.69) is 4.90 Å². The molecule has 4 rings (SSSR count). The van der Waals surface area contributed by atoms with Gasteiger partial charge in [0, 0.05) is 44.0 Å². The largest absolute Gasteiger partial charge is 0.376 e. The predicted molar refractivity (Wildman–Crippen MR) is 124 cm³/mol. The lowest BCUT2D eigenvalue weighted by atomic mass is 9.95. The number of sulfonamides is 1. The van der Waals surface area contributed by atoms with E-state index in [9.17, 15) is 13.2 Å². The SMILES string of the molecule is Cc1ccc(S(=O)(=O)N2CCC(C(=O)N(CC3CCCO3)C3CCSC3)CC2)c(C)c1. The second-order valence-electron chi connectivity index (χ2n) is 9.09. The normalized spacial score (nSPS) is 25.7. The van der Waals surface area contributed by atoms with Crippen LogP contribution in [0.3, 0.4) is 0 Å². The highest BCUT2D eigenvalue weighted by atomic mass is 32.2. The number of hydrogen-bond acceptors (Lipinski definition) is 5. The number of aryl methyl sites for hydroxylation is 2. The summed E-state index contributed by atoms with van der Waals surface area (Å²) in [6.45, 7) is 6.09. The van der Waals surface area contributed by atoms with E-state index in [0.29, 0.717) is 43.4 Å². The summed E-state index contributed by atoms with van der Waals surface area (Å²) in [5.74, 6) is 2.20. The van der Waals surface area contributed by atoms with Crippen LogP contribution in [0, 0.1) is 19.8 Å². The van der Waals surface area contributed by atoms with Crippen LogP contribution in [-0.4, -0.2) is 73.4 Å². The molecule has 2 unspecified atom stereocenters. The minimum absolute atomic E-state index is 0.0995. The number of hydrogen-bond donors (Lipinski definition) is 0. The van der Waals surface area contributed by atoms with E-state index in [0.717, 1.165) is 48.5 Å². The summed E-state index contributed by atoms with van der Waals surface area (Å²) in [5, 5.41) is 0. The van der Waals surface area contributed by atoms with E-state index in [1.165, 1.54) is 0 Å². The molecule has 0 spiro atoms. The molecule has 8 heteroatoms. The van der Waals surface area contributed by atoms with Gasteiger partial charge in [0.2, 0.25) is 15.9 Å². The third-order valence-electron chi connectivity index (χ3n) is 6.81. The Kier molecular flexibility index (Phi) is 7.30. The van der Waals surface area contributed by atoms with Gasteiger partial charge >= 0.3 is 0 Å². The van der Waals surface area contributed by atoms with Crippen LogP contribution in [0.1, 0.15) is 43.2 Å². The van der Waals surface area contributed by atoms with Crippen molar-refractivity contribution in [3.05, 3.63) is 29.3 Å². The maximum atomic E-state index is 13.5. The molecule has 0 N–H and O–H groups in total. The van der Waals surface area contributed by atoms with E-state index < -0.39 is 10.0 Å². The van der Waals surface area contributed by atoms with Gasteiger partial charge in [0.25, 0.3) is 0 Å². The summed E-state index contributed by atoms with van der Waals surface area (Å²) in [5.41, 5.74) is 1.83. The molecule has 1 amide bonds. The molecule has 0 aromatic heterocycles. The second-order valence-corrected chi connectivity index (χ2v) is 12.1. The fraction of sp³-hybridized carbons (Fsp3) is 0.696. The summed E-state index contributed by atoms with van der Waals surface area (Å²) >= 11 is 1.91. The van der Waals surface area contributed by atoms with Crippen LogP contribution in [0.2, 0.25) is 0 Å². The number of rotatable bonds is 6. The topological polar surface area (TPSA) is 66.9 Å². The molecule has 3 aliphatic rings. The van der Waals surface area contributed by atoms with Crippen molar-refractivity contribution in [3.8, 4) is 0 Å². The van der Waals surface area contributed by atoms with Gasteiger partial charge in [0.05, 0.1) is 11.0 Å². The van der Waals surface area contributed by atoms with Gasteiger partial charge in [-0.05, 0) is 63.3 Å². The monoisotopic (exact) mass is 466 g/mol. The first kappa shape index (κ1) is 23.1. The summed E-state index contributed by atoms with van der Waals surface area (Å²) in [6.07, 6.45) is 4.47. The van der Waals surface area contributed by atoms with Gasteiger partial charge < -0.3 is 9.64 Å². The Bertz CT molecular complexity index is 885. The van der Waals surface area contributed by atoms with E-state index >= 15 is 0 Å². The third-order valence-corrected chi connectivity index (χ3v) is 10.0. The lowest BCUT2D eigenvalue weighted by molar-refractivity contribution is -0.140. The Hall–Kier alpha value is -1.09. The van der Waals surface area contributed by atoms with Gasteiger partial charge in [-0.3, -0.25) is 4.79 Å².